The molecule has 64 valence electrons. The van der Waals surface area contributed by atoms with Crippen LogP contribution in [0.4, 0.5) is 4.79 Å². The van der Waals surface area contributed by atoms with E-state index in [9.17, 15) is 4.79 Å². The molecule has 2 amide bonds. The van der Waals surface area contributed by atoms with Gasteiger partial charge >= 0.3 is 6.03 Å². The Hall–Kier alpha value is -0.0400. The van der Waals surface area contributed by atoms with Crippen molar-refractivity contribution in [1.29, 1.82) is 0 Å². The van der Waals surface area contributed by atoms with Crippen molar-refractivity contribution in [2.75, 3.05) is 20.1 Å². The lowest BCUT2D eigenvalue weighted by atomic mass is 10.3. The van der Waals surface area contributed by atoms with Crippen LogP contribution in [0, 0.1) is 0 Å². The molecule has 0 spiro atoms. The highest BCUT2D eigenvalue weighted by Crippen LogP contribution is 2.14. The van der Waals surface area contributed by atoms with E-state index in [1.165, 1.54) is 0 Å². The van der Waals surface area contributed by atoms with Gasteiger partial charge in [0.25, 0.3) is 0 Å². The van der Waals surface area contributed by atoms with Gasteiger partial charge in [-0.2, -0.15) is 0 Å². The molecule has 0 bridgehead atoms. The molecule has 0 aromatic carbocycles. The van der Waals surface area contributed by atoms with Gasteiger partial charge in [0.15, 0.2) is 0 Å². The number of hydrogen-bond donors (Lipinski definition) is 1. The van der Waals surface area contributed by atoms with Crippen molar-refractivity contribution in [3.63, 3.8) is 0 Å². The van der Waals surface area contributed by atoms with Gasteiger partial charge in [0.2, 0.25) is 0 Å². The summed E-state index contributed by atoms with van der Waals surface area (Å²) >= 11 is 1.88. The van der Waals surface area contributed by atoms with Crippen molar-refractivity contribution in [3.05, 3.63) is 0 Å². The van der Waals surface area contributed by atoms with Gasteiger partial charge in [-0.05, 0) is 6.42 Å². The SMILES string of the molecule is CNC(=O)N1CCC(OI)C1. The van der Waals surface area contributed by atoms with Crippen LogP contribution in [-0.4, -0.2) is 37.2 Å². The lowest BCUT2D eigenvalue weighted by molar-refractivity contribution is 0.204. The highest BCUT2D eigenvalue weighted by Gasteiger charge is 2.25. The maximum absolute atomic E-state index is 11.0. The molecule has 1 unspecified atom stereocenters. The minimum atomic E-state index is -0.0130. The normalized spacial score (nSPS) is 23.8. The van der Waals surface area contributed by atoms with Crippen LogP contribution in [0.25, 0.3) is 0 Å². The smallest absolute Gasteiger partial charge is 0.317 e. The minimum Gasteiger partial charge on any atom is -0.341 e. The van der Waals surface area contributed by atoms with Gasteiger partial charge in [-0.25, -0.2) is 4.79 Å². The highest BCUT2D eigenvalue weighted by molar-refractivity contribution is 14.1. The van der Waals surface area contributed by atoms with E-state index in [1.807, 2.05) is 23.0 Å². The minimum absolute atomic E-state index is 0.0130. The number of hydrogen-bond acceptors (Lipinski definition) is 2. The predicted octanol–water partition coefficient (Wildman–Crippen LogP) is 0.767. The largest absolute Gasteiger partial charge is 0.341 e. The molecule has 1 saturated heterocycles. The van der Waals surface area contributed by atoms with Crippen molar-refractivity contribution >= 4 is 29.0 Å². The average Bonchev–Trinajstić information content (AvgIpc) is 2.50. The van der Waals surface area contributed by atoms with Gasteiger partial charge in [-0.15, -0.1) is 0 Å². The quantitative estimate of drug-likeness (QED) is 0.715. The number of urea groups is 1. The molecular formula is C6H11IN2O2. The Morgan fingerprint density at radius 2 is 2.55 bits per heavy atom. The van der Waals surface area contributed by atoms with Crippen molar-refractivity contribution < 1.29 is 7.86 Å². The van der Waals surface area contributed by atoms with Gasteiger partial charge in [-0.3, -0.25) is 0 Å². The molecule has 1 aliphatic rings. The maximum Gasteiger partial charge on any atom is 0.317 e. The molecule has 1 atom stereocenters. The third-order valence-corrected chi connectivity index (χ3v) is 2.49. The molecule has 1 aliphatic heterocycles. The fourth-order valence-corrected chi connectivity index (χ4v) is 1.56. The first-order valence-electron chi connectivity index (χ1n) is 3.52. The van der Waals surface area contributed by atoms with Gasteiger partial charge < -0.3 is 13.3 Å². The molecule has 0 aliphatic carbocycles. The van der Waals surface area contributed by atoms with Crippen molar-refractivity contribution in [2.45, 2.75) is 12.5 Å². The molecule has 0 aromatic heterocycles. The number of nitrogens with one attached hydrogen (secondary N) is 1. The first-order valence-corrected chi connectivity index (χ1v) is 4.40. The van der Waals surface area contributed by atoms with E-state index < -0.39 is 0 Å². The summed E-state index contributed by atoms with van der Waals surface area (Å²) in [5.74, 6) is 0. The second-order valence-corrected chi connectivity index (χ2v) is 3.01. The van der Waals surface area contributed by atoms with Crippen LogP contribution in [-0.2, 0) is 3.07 Å². The Kier molecular flexibility index (Phi) is 3.38. The number of amides is 2. The zero-order valence-corrected chi connectivity index (χ0v) is 8.50. The van der Waals surface area contributed by atoms with Crippen LogP contribution in [0.1, 0.15) is 6.42 Å². The fraction of sp³-hybridized carbons (Fsp3) is 0.833. The summed E-state index contributed by atoms with van der Waals surface area (Å²) in [7, 11) is 1.64. The van der Waals surface area contributed by atoms with Crippen molar-refractivity contribution in [2.24, 2.45) is 0 Å². The van der Waals surface area contributed by atoms with E-state index in [0.717, 1.165) is 13.0 Å². The molecule has 5 heteroatoms. The standard InChI is InChI=1S/C6H11IN2O2/c1-8-6(10)9-3-2-5(4-9)11-7/h5H,2-4H2,1H3,(H,8,10). The Labute approximate surface area is 80.0 Å². The van der Waals surface area contributed by atoms with Crippen LogP contribution in [0.5, 0.6) is 0 Å². The molecule has 4 nitrogen and oxygen atoms in total. The zero-order valence-electron chi connectivity index (χ0n) is 6.34. The number of halogens is 1. The fourth-order valence-electron chi connectivity index (χ4n) is 1.14. The summed E-state index contributed by atoms with van der Waals surface area (Å²) in [6.45, 7) is 1.51. The lowest BCUT2D eigenvalue weighted by Crippen LogP contribution is -2.36. The molecule has 1 N–H and O–H groups in total. The number of nitrogens with zero attached hydrogens (tertiary/aromatic N) is 1. The van der Waals surface area contributed by atoms with E-state index in [-0.39, 0.29) is 12.1 Å². The zero-order chi connectivity index (χ0) is 8.27. The maximum atomic E-state index is 11.0. The van der Waals surface area contributed by atoms with Crippen LogP contribution < -0.4 is 5.32 Å². The number of carbonyl (C=O) groups excluding carboxylic acids is 1. The summed E-state index contributed by atoms with van der Waals surface area (Å²) in [5, 5.41) is 2.58. The Morgan fingerprint density at radius 3 is 3.00 bits per heavy atom. The van der Waals surface area contributed by atoms with Gasteiger partial charge in [0.05, 0.1) is 6.10 Å². The van der Waals surface area contributed by atoms with Gasteiger partial charge in [0, 0.05) is 20.1 Å². The van der Waals surface area contributed by atoms with Crippen LogP contribution >= 0.6 is 23.0 Å². The van der Waals surface area contributed by atoms with E-state index in [4.69, 9.17) is 3.07 Å². The number of rotatable bonds is 1. The highest BCUT2D eigenvalue weighted by atomic mass is 127. The Bertz CT molecular complexity index is 154. The van der Waals surface area contributed by atoms with Gasteiger partial charge in [-0.1, -0.05) is 0 Å². The van der Waals surface area contributed by atoms with E-state index in [0.29, 0.717) is 6.54 Å². The monoisotopic (exact) mass is 270 g/mol. The third-order valence-electron chi connectivity index (χ3n) is 1.77. The molecule has 0 radical (unpaired) electrons. The van der Waals surface area contributed by atoms with Gasteiger partial charge in [0.1, 0.15) is 23.0 Å². The summed E-state index contributed by atoms with van der Waals surface area (Å²) in [4.78, 5) is 12.8. The predicted molar refractivity (Wildman–Crippen MR) is 49.5 cm³/mol. The molecule has 1 heterocycles. The molecule has 1 fully saturated rings. The number of likely N-dealkylation sites (tertiary alicyclic amines) is 1. The molecule has 11 heavy (non-hydrogen) atoms. The summed E-state index contributed by atoms with van der Waals surface area (Å²) in [6, 6.07) is -0.0130. The first kappa shape index (κ1) is 9.05. The summed E-state index contributed by atoms with van der Waals surface area (Å²) in [5.41, 5.74) is 0. The van der Waals surface area contributed by atoms with Crippen molar-refractivity contribution in [3.8, 4) is 0 Å². The van der Waals surface area contributed by atoms with Crippen molar-refractivity contribution in [1.82, 2.24) is 10.2 Å². The number of carbonyl (C=O) groups is 1. The third kappa shape index (κ3) is 2.19. The molecule has 0 saturated carbocycles. The van der Waals surface area contributed by atoms with Crippen LogP contribution in [0.3, 0.4) is 0 Å². The Balaban J connectivity index is 2.35. The summed E-state index contributed by atoms with van der Waals surface area (Å²) in [6.07, 6.45) is 1.16. The van der Waals surface area contributed by atoms with Crippen LogP contribution in [0.15, 0.2) is 0 Å². The first-order chi connectivity index (χ1) is 5.27. The molecule has 0 aromatic rings. The second kappa shape index (κ2) is 4.10. The average molecular weight is 270 g/mol. The second-order valence-electron chi connectivity index (χ2n) is 2.50. The Morgan fingerprint density at radius 1 is 1.82 bits per heavy atom. The van der Waals surface area contributed by atoms with E-state index in [2.05, 4.69) is 5.32 Å². The topological polar surface area (TPSA) is 41.6 Å². The van der Waals surface area contributed by atoms with E-state index >= 15 is 0 Å². The molecular weight excluding hydrogens is 259 g/mol. The molecule has 1 rings (SSSR count). The van der Waals surface area contributed by atoms with E-state index in [1.54, 1.807) is 11.9 Å². The van der Waals surface area contributed by atoms with Crippen LogP contribution in [0.2, 0.25) is 0 Å². The lowest BCUT2D eigenvalue weighted by Gasteiger charge is -2.14. The summed E-state index contributed by atoms with van der Waals surface area (Å²) < 4.78 is 5.08.